The van der Waals surface area contributed by atoms with Gasteiger partial charge < -0.3 is 4.74 Å². The highest BCUT2D eigenvalue weighted by Gasteiger charge is 2.35. The number of benzene rings is 2. The molecule has 192 valence electrons. The fraction of sp³-hybridized carbons (Fsp3) is 0.485. The second kappa shape index (κ2) is 13.0. The second-order valence-electron chi connectivity index (χ2n) is 10.7. The van der Waals surface area contributed by atoms with Gasteiger partial charge in [0.05, 0.1) is 5.56 Å². The van der Waals surface area contributed by atoms with E-state index in [1.165, 1.54) is 63.0 Å². The summed E-state index contributed by atoms with van der Waals surface area (Å²) in [7, 11) is 0. The van der Waals surface area contributed by atoms with Gasteiger partial charge in [0, 0.05) is 0 Å². The maximum Gasteiger partial charge on any atom is 0.343 e. The van der Waals surface area contributed by atoms with Crippen LogP contribution in [0.5, 0.6) is 5.75 Å². The van der Waals surface area contributed by atoms with Gasteiger partial charge in [-0.3, -0.25) is 0 Å². The average Bonchev–Trinajstić information content (AvgIpc) is 2.90. The summed E-state index contributed by atoms with van der Waals surface area (Å²) < 4.78 is 19.9. The number of fused-ring (bicyclic) bond motifs is 1. The third-order valence-electron chi connectivity index (χ3n) is 8.35. The molecule has 4 rings (SSSR count). The number of rotatable bonds is 9. The zero-order valence-electron chi connectivity index (χ0n) is 21.9. The SMILES string of the molecule is C/C=C/CCc1ccc(OC(=O)c2ccc(C3CCC4CC(CC/C=C/C)CCC4C3)cc2)c(F)c1. The van der Waals surface area contributed by atoms with Crippen molar-refractivity contribution in [2.24, 2.45) is 17.8 Å². The molecule has 0 amide bonds. The summed E-state index contributed by atoms with van der Waals surface area (Å²) in [5, 5.41) is 0. The number of halogens is 1. The Balaban J connectivity index is 1.30. The molecule has 0 aromatic heterocycles. The molecule has 0 saturated heterocycles. The lowest BCUT2D eigenvalue weighted by molar-refractivity contribution is 0.0727. The lowest BCUT2D eigenvalue weighted by Crippen LogP contribution is -2.30. The number of esters is 1. The largest absolute Gasteiger partial charge is 0.420 e. The van der Waals surface area contributed by atoms with Gasteiger partial charge in [0.15, 0.2) is 11.6 Å². The summed E-state index contributed by atoms with van der Waals surface area (Å²) >= 11 is 0. The van der Waals surface area contributed by atoms with Gasteiger partial charge in [0.25, 0.3) is 0 Å². The Kier molecular flexibility index (Phi) is 9.55. The normalized spacial score (nSPS) is 24.2. The average molecular weight is 489 g/mol. The highest BCUT2D eigenvalue weighted by atomic mass is 19.1. The van der Waals surface area contributed by atoms with Crippen LogP contribution in [-0.2, 0) is 6.42 Å². The molecule has 0 heterocycles. The Morgan fingerprint density at radius 3 is 2.39 bits per heavy atom. The lowest BCUT2D eigenvalue weighted by atomic mass is 9.63. The van der Waals surface area contributed by atoms with E-state index in [2.05, 4.69) is 37.3 Å². The summed E-state index contributed by atoms with van der Waals surface area (Å²) in [6.45, 7) is 4.08. The van der Waals surface area contributed by atoms with Crippen LogP contribution >= 0.6 is 0 Å². The van der Waals surface area contributed by atoms with E-state index >= 15 is 0 Å². The maximum absolute atomic E-state index is 14.5. The number of allylic oxidation sites excluding steroid dienone is 4. The van der Waals surface area contributed by atoms with Crippen molar-refractivity contribution in [3.8, 4) is 5.75 Å². The number of carbonyl (C=O) groups excluding carboxylic acids is 1. The van der Waals surface area contributed by atoms with Gasteiger partial charge in [-0.1, -0.05) is 48.9 Å². The Bertz CT molecular complexity index is 1050. The predicted molar refractivity (Wildman–Crippen MR) is 146 cm³/mol. The van der Waals surface area contributed by atoms with Crippen molar-refractivity contribution in [3.05, 3.63) is 89.3 Å². The van der Waals surface area contributed by atoms with Crippen molar-refractivity contribution in [1.82, 2.24) is 0 Å². The van der Waals surface area contributed by atoms with Gasteiger partial charge in [-0.15, -0.1) is 0 Å². The van der Waals surface area contributed by atoms with Crippen LogP contribution in [0.4, 0.5) is 4.39 Å². The third-order valence-corrected chi connectivity index (χ3v) is 8.35. The van der Waals surface area contributed by atoms with Crippen LogP contribution in [0.1, 0.15) is 99.0 Å². The summed E-state index contributed by atoms with van der Waals surface area (Å²) in [6.07, 6.45) is 20.7. The molecule has 0 spiro atoms. The molecule has 2 aliphatic carbocycles. The molecule has 0 radical (unpaired) electrons. The summed E-state index contributed by atoms with van der Waals surface area (Å²) in [6, 6.07) is 12.7. The van der Waals surface area contributed by atoms with E-state index in [-0.39, 0.29) is 5.75 Å². The fourth-order valence-corrected chi connectivity index (χ4v) is 6.30. The zero-order valence-corrected chi connectivity index (χ0v) is 21.9. The van der Waals surface area contributed by atoms with Crippen LogP contribution in [-0.4, -0.2) is 5.97 Å². The first-order valence-electron chi connectivity index (χ1n) is 13.9. The van der Waals surface area contributed by atoms with Crippen LogP contribution in [0.15, 0.2) is 66.8 Å². The minimum atomic E-state index is -0.512. The smallest absolute Gasteiger partial charge is 0.343 e. The summed E-state index contributed by atoms with van der Waals surface area (Å²) in [5.74, 6) is 2.19. The Morgan fingerprint density at radius 2 is 1.64 bits per heavy atom. The third kappa shape index (κ3) is 6.96. The van der Waals surface area contributed by atoms with Crippen LogP contribution in [0.25, 0.3) is 0 Å². The van der Waals surface area contributed by atoms with Crippen molar-refractivity contribution < 1.29 is 13.9 Å². The molecule has 4 unspecified atom stereocenters. The highest BCUT2D eigenvalue weighted by molar-refractivity contribution is 5.91. The standard InChI is InChI=1S/C33H41FO2/c1-3-5-7-9-24-11-13-30-23-29(19-18-28(30)21-24)26-14-16-27(17-15-26)33(35)36-32-20-12-25(22-31(32)34)10-8-6-4-2/h3-6,12,14-17,20,22,24,28-30H,7-11,13,18-19,21,23H2,1-2H3/b5-3+,6-4+. The quantitative estimate of drug-likeness (QED) is 0.200. The Hall–Kier alpha value is -2.68. The van der Waals surface area contributed by atoms with Gasteiger partial charge in [-0.05, 0) is 131 Å². The first-order valence-corrected chi connectivity index (χ1v) is 13.9. The first kappa shape index (κ1) is 26.4. The van der Waals surface area contributed by atoms with Crippen molar-refractivity contribution >= 4 is 5.97 Å². The molecule has 0 bridgehead atoms. The van der Waals surface area contributed by atoms with Gasteiger partial charge in [0.2, 0.25) is 0 Å². The molecule has 3 heteroatoms. The van der Waals surface area contributed by atoms with Crippen molar-refractivity contribution in [1.29, 1.82) is 0 Å². The summed E-state index contributed by atoms with van der Waals surface area (Å²) in [4.78, 5) is 12.7. The molecule has 2 saturated carbocycles. The zero-order chi connectivity index (χ0) is 25.3. The van der Waals surface area contributed by atoms with E-state index in [4.69, 9.17) is 4.74 Å². The van der Waals surface area contributed by atoms with Gasteiger partial charge in [-0.25, -0.2) is 9.18 Å². The summed E-state index contributed by atoms with van der Waals surface area (Å²) in [5.41, 5.74) is 2.68. The minimum Gasteiger partial charge on any atom is -0.420 e. The van der Waals surface area contributed by atoms with Gasteiger partial charge >= 0.3 is 5.97 Å². The maximum atomic E-state index is 14.5. The van der Waals surface area contributed by atoms with E-state index in [0.29, 0.717) is 11.5 Å². The molecule has 2 aromatic carbocycles. The first-order chi connectivity index (χ1) is 17.6. The Labute approximate surface area is 216 Å². The van der Waals surface area contributed by atoms with E-state index in [0.717, 1.165) is 36.2 Å². The molecule has 2 fully saturated rings. The number of aryl methyl sites for hydroxylation is 1. The lowest BCUT2D eigenvalue weighted by Gasteiger charge is -2.42. The second-order valence-corrected chi connectivity index (χ2v) is 10.7. The van der Waals surface area contributed by atoms with Crippen molar-refractivity contribution in [2.75, 3.05) is 0 Å². The number of hydrogen-bond acceptors (Lipinski definition) is 2. The number of hydrogen-bond donors (Lipinski definition) is 0. The highest BCUT2D eigenvalue weighted by Crippen LogP contribution is 2.48. The fourth-order valence-electron chi connectivity index (χ4n) is 6.30. The van der Waals surface area contributed by atoms with E-state index in [1.807, 2.05) is 31.2 Å². The predicted octanol–water partition coefficient (Wildman–Crippen LogP) is 9.21. The molecule has 2 aliphatic rings. The van der Waals surface area contributed by atoms with E-state index in [9.17, 15) is 9.18 Å². The van der Waals surface area contributed by atoms with Crippen molar-refractivity contribution in [2.45, 2.75) is 84.0 Å². The topological polar surface area (TPSA) is 26.3 Å². The molecule has 0 aliphatic heterocycles. The molecule has 2 nitrogen and oxygen atoms in total. The van der Waals surface area contributed by atoms with Crippen molar-refractivity contribution in [3.63, 3.8) is 0 Å². The molecular weight excluding hydrogens is 447 g/mol. The van der Waals surface area contributed by atoms with Crippen LogP contribution in [0, 0.1) is 23.6 Å². The minimum absolute atomic E-state index is 0.0153. The van der Waals surface area contributed by atoms with E-state index < -0.39 is 11.8 Å². The molecule has 0 N–H and O–H groups in total. The van der Waals surface area contributed by atoms with E-state index in [1.54, 1.807) is 6.07 Å². The Morgan fingerprint density at radius 1 is 0.917 bits per heavy atom. The molecule has 36 heavy (non-hydrogen) atoms. The number of ether oxygens (including phenoxy) is 1. The van der Waals surface area contributed by atoms with Gasteiger partial charge in [-0.2, -0.15) is 0 Å². The van der Waals surface area contributed by atoms with Gasteiger partial charge in [0.1, 0.15) is 0 Å². The molecule has 4 atom stereocenters. The molecule has 2 aromatic rings. The number of carbonyl (C=O) groups is 1. The van der Waals surface area contributed by atoms with Crippen LogP contribution < -0.4 is 4.74 Å². The monoisotopic (exact) mass is 488 g/mol. The van der Waals surface area contributed by atoms with Crippen LogP contribution in [0.3, 0.4) is 0 Å². The molecular formula is C33H41FO2. The van der Waals surface area contributed by atoms with Crippen LogP contribution in [0.2, 0.25) is 0 Å².